The van der Waals surface area contributed by atoms with Gasteiger partial charge in [-0.2, -0.15) is 5.26 Å². The van der Waals surface area contributed by atoms with E-state index >= 15 is 0 Å². The van der Waals surface area contributed by atoms with Crippen molar-refractivity contribution in [2.24, 2.45) is 17.2 Å². The van der Waals surface area contributed by atoms with Crippen molar-refractivity contribution < 1.29 is 4.39 Å². The number of nitrogens with two attached hydrogens (primary N) is 3. The van der Waals surface area contributed by atoms with E-state index in [9.17, 15) is 4.39 Å². The first-order chi connectivity index (χ1) is 8.43. The van der Waals surface area contributed by atoms with Crippen LogP contribution in [0.4, 0.5) is 4.39 Å². The zero-order valence-corrected chi connectivity index (χ0v) is 10.1. The lowest BCUT2D eigenvalue weighted by molar-refractivity contribution is 0.416. The van der Waals surface area contributed by atoms with Crippen LogP contribution in [0.3, 0.4) is 0 Å². The van der Waals surface area contributed by atoms with Crippen LogP contribution >= 0.6 is 0 Å². The lowest BCUT2D eigenvalue weighted by Crippen LogP contribution is -2.40. The zero-order chi connectivity index (χ0) is 13.7. The Labute approximate surface area is 105 Å². The molecule has 0 saturated heterocycles. The van der Waals surface area contributed by atoms with Gasteiger partial charge < -0.3 is 22.1 Å². The monoisotopic (exact) mass is 249 g/mol. The van der Waals surface area contributed by atoms with Crippen LogP contribution in [0.2, 0.25) is 0 Å². The number of rotatable bonds is 4. The Hall–Kier alpha value is -2.10. The summed E-state index contributed by atoms with van der Waals surface area (Å²) in [5.41, 5.74) is 17.6. The van der Waals surface area contributed by atoms with Crippen LogP contribution in [0.5, 0.6) is 0 Å². The molecule has 0 aliphatic carbocycles. The van der Waals surface area contributed by atoms with Gasteiger partial charge in [0.25, 0.3) is 0 Å². The zero-order valence-electron chi connectivity index (χ0n) is 10.1. The molecule has 1 rings (SSSR count). The molecule has 0 aliphatic heterocycles. The van der Waals surface area contributed by atoms with Gasteiger partial charge in [0.05, 0.1) is 17.4 Å². The first kappa shape index (κ1) is 14.0. The second-order valence-corrected chi connectivity index (χ2v) is 3.99. The van der Waals surface area contributed by atoms with Crippen LogP contribution < -0.4 is 17.2 Å². The molecule has 0 aromatic heterocycles. The van der Waals surface area contributed by atoms with Crippen molar-refractivity contribution in [3.05, 3.63) is 41.3 Å². The second-order valence-electron chi connectivity index (χ2n) is 3.99. The van der Waals surface area contributed by atoms with Crippen LogP contribution in [-0.2, 0) is 0 Å². The first-order valence-corrected chi connectivity index (χ1v) is 5.32. The van der Waals surface area contributed by atoms with Crippen molar-refractivity contribution in [1.82, 2.24) is 4.90 Å². The molecule has 18 heavy (non-hydrogen) atoms. The molecule has 6 heteroatoms. The van der Waals surface area contributed by atoms with Crippen molar-refractivity contribution in [2.75, 3.05) is 13.6 Å². The molecule has 96 valence electrons. The van der Waals surface area contributed by atoms with Crippen molar-refractivity contribution in [2.45, 2.75) is 6.17 Å². The summed E-state index contributed by atoms with van der Waals surface area (Å²) in [5, 5.41) is 8.62. The average molecular weight is 249 g/mol. The van der Waals surface area contributed by atoms with Gasteiger partial charge in [-0.05, 0) is 12.1 Å². The molecule has 0 fully saturated rings. The molecule has 0 radical (unpaired) electrons. The highest BCUT2D eigenvalue weighted by atomic mass is 19.1. The third-order valence-corrected chi connectivity index (χ3v) is 2.28. The SMILES string of the molecule is CN(/C=C(\N)c1ccc(C#N)c(F)c1)CC(N)N. The number of benzene rings is 1. The first-order valence-electron chi connectivity index (χ1n) is 5.32. The Morgan fingerprint density at radius 1 is 1.56 bits per heavy atom. The largest absolute Gasteiger partial charge is 0.397 e. The molecule has 0 saturated carbocycles. The maximum atomic E-state index is 13.4. The minimum atomic E-state index is -0.593. The molecule has 0 bridgehead atoms. The smallest absolute Gasteiger partial charge is 0.141 e. The van der Waals surface area contributed by atoms with Gasteiger partial charge in [0.15, 0.2) is 0 Å². The van der Waals surface area contributed by atoms with Gasteiger partial charge in [0.2, 0.25) is 0 Å². The Balaban J connectivity index is 2.90. The summed E-state index contributed by atoms with van der Waals surface area (Å²) < 4.78 is 13.4. The Morgan fingerprint density at radius 3 is 2.72 bits per heavy atom. The number of nitriles is 1. The molecule has 0 heterocycles. The molecule has 0 unspecified atom stereocenters. The van der Waals surface area contributed by atoms with Gasteiger partial charge in [-0.3, -0.25) is 0 Å². The molecule has 0 aliphatic rings. The maximum Gasteiger partial charge on any atom is 0.141 e. The van der Waals surface area contributed by atoms with Crippen LogP contribution in [0.1, 0.15) is 11.1 Å². The standard InChI is InChI=1S/C12H16FN5/c1-18(7-12(16)17)6-11(15)8-2-3-9(5-14)10(13)4-8/h2-4,6,12H,7,15-17H2,1H3/b11-6-. The number of hydrogen-bond acceptors (Lipinski definition) is 5. The fraction of sp³-hybridized carbons (Fsp3) is 0.250. The van der Waals surface area contributed by atoms with E-state index < -0.39 is 12.0 Å². The molecule has 1 aromatic rings. The van der Waals surface area contributed by atoms with E-state index in [0.29, 0.717) is 17.8 Å². The molecule has 0 spiro atoms. The third-order valence-electron chi connectivity index (χ3n) is 2.28. The van der Waals surface area contributed by atoms with E-state index in [1.54, 1.807) is 30.3 Å². The highest BCUT2D eigenvalue weighted by Crippen LogP contribution is 2.14. The topological polar surface area (TPSA) is 105 Å². The van der Waals surface area contributed by atoms with Gasteiger partial charge in [-0.15, -0.1) is 0 Å². The van der Waals surface area contributed by atoms with E-state index in [2.05, 4.69) is 0 Å². The molecular weight excluding hydrogens is 233 g/mol. The van der Waals surface area contributed by atoms with Gasteiger partial charge in [0.1, 0.15) is 11.9 Å². The van der Waals surface area contributed by atoms with Gasteiger partial charge in [0, 0.05) is 25.4 Å². The Morgan fingerprint density at radius 2 is 2.22 bits per heavy atom. The fourth-order valence-electron chi connectivity index (χ4n) is 1.48. The summed E-state index contributed by atoms with van der Waals surface area (Å²) in [4.78, 5) is 1.72. The molecule has 6 N–H and O–H groups in total. The van der Waals surface area contributed by atoms with Gasteiger partial charge in [-0.1, -0.05) is 6.07 Å². The third kappa shape index (κ3) is 3.73. The van der Waals surface area contributed by atoms with Crippen molar-refractivity contribution in [1.29, 1.82) is 5.26 Å². The molecule has 5 nitrogen and oxygen atoms in total. The lowest BCUT2D eigenvalue weighted by Gasteiger charge is -2.17. The van der Waals surface area contributed by atoms with Gasteiger partial charge in [-0.25, -0.2) is 4.39 Å². The lowest BCUT2D eigenvalue weighted by atomic mass is 10.1. The fourth-order valence-corrected chi connectivity index (χ4v) is 1.48. The summed E-state index contributed by atoms with van der Waals surface area (Å²) in [7, 11) is 1.76. The van der Waals surface area contributed by atoms with E-state index in [4.69, 9.17) is 22.5 Å². The predicted molar refractivity (Wildman–Crippen MR) is 68.1 cm³/mol. The van der Waals surface area contributed by atoms with E-state index in [0.717, 1.165) is 0 Å². The second kappa shape index (κ2) is 6.00. The summed E-state index contributed by atoms with van der Waals surface area (Å²) in [6, 6.07) is 5.95. The average Bonchev–Trinajstić information content (AvgIpc) is 2.27. The highest BCUT2D eigenvalue weighted by Gasteiger charge is 2.05. The summed E-state index contributed by atoms with van der Waals surface area (Å²) >= 11 is 0. The minimum Gasteiger partial charge on any atom is -0.397 e. The number of halogens is 1. The quantitative estimate of drug-likeness (QED) is 0.658. The molecular formula is C12H16FN5. The van der Waals surface area contributed by atoms with Crippen molar-refractivity contribution >= 4 is 5.70 Å². The minimum absolute atomic E-state index is 0.0103. The van der Waals surface area contributed by atoms with E-state index in [1.807, 2.05) is 0 Å². The summed E-state index contributed by atoms with van der Waals surface area (Å²) in [6.45, 7) is 0.430. The Bertz CT molecular complexity index is 490. The Kier molecular flexibility index (Phi) is 4.66. The van der Waals surface area contributed by atoms with Crippen molar-refractivity contribution in [3.63, 3.8) is 0 Å². The maximum absolute atomic E-state index is 13.4. The van der Waals surface area contributed by atoms with E-state index in [1.165, 1.54) is 12.1 Å². The molecule has 1 aromatic carbocycles. The highest BCUT2D eigenvalue weighted by molar-refractivity contribution is 5.63. The van der Waals surface area contributed by atoms with Crippen LogP contribution in [-0.4, -0.2) is 24.7 Å². The number of likely N-dealkylation sites (N-methyl/N-ethyl adjacent to an activating group) is 1. The van der Waals surface area contributed by atoms with Gasteiger partial charge >= 0.3 is 0 Å². The normalized spacial score (nSPS) is 11.4. The van der Waals surface area contributed by atoms with Crippen molar-refractivity contribution in [3.8, 4) is 6.07 Å². The predicted octanol–water partition coefficient (Wildman–Crippen LogP) is 0.130. The van der Waals surface area contributed by atoms with E-state index in [-0.39, 0.29) is 5.56 Å². The van der Waals surface area contributed by atoms with Crippen LogP contribution in [0, 0.1) is 17.1 Å². The van der Waals surface area contributed by atoms with Crippen LogP contribution in [0.15, 0.2) is 24.4 Å². The number of hydrogen-bond donors (Lipinski definition) is 3. The summed E-state index contributed by atoms with van der Waals surface area (Å²) in [6.07, 6.45) is 1.14. The van der Waals surface area contributed by atoms with Crippen LogP contribution in [0.25, 0.3) is 5.70 Å². The molecule has 0 amide bonds. The summed E-state index contributed by atoms with van der Waals surface area (Å²) in [5.74, 6) is -0.593. The molecule has 0 atom stereocenters. The number of nitrogens with zero attached hydrogens (tertiary/aromatic N) is 2.